The van der Waals surface area contributed by atoms with Crippen molar-refractivity contribution in [1.29, 1.82) is 0 Å². The van der Waals surface area contributed by atoms with Crippen molar-refractivity contribution in [2.75, 3.05) is 18.4 Å². The maximum absolute atomic E-state index is 12.4. The van der Waals surface area contributed by atoms with Gasteiger partial charge in [-0.3, -0.25) is 9.59 Å². The minimum atomic E-state index is -0.173. The van der Waals surface area contributed by atoms with Gasteiger partial charge < -0.3 is 10.2 Å². The molecule has 3 rings (SSSR count). The zero-order valence-electron chi connectivity index (χ0n) is 13.0. The molecular weight excluding hydrogens is 288 g/mol. The summed E-state index contributed by atoms with van der Waals surface area (Å²) in [5.41, 5.74) is 1.94. The molecule has 2 amide bonds. The summed E-state index contributed by atoms with van der Waals surface area (Å²) in [6.07, 6.45) is 3.34. The highest BCUT2D eigenvalue weighted by Gasteiger charge is 2.18. The maximum atomic E-state index is 12.4. The maximum Gasteiger partial charge on any atom is 0.255 e. The molecule has 1 N–H and O–H groups in total. The molecule has 0 radical (unpaired) electrons. The third-order valence-corrected chi connectivity index (χ3v) is 4.07. The van der Waals surface area contributed by atoms with Crippen LogP contribution in [0.15, 0.2) is 54.6 Å². The topological polar surface area (TPSA) is 49.4 Å². The molecule has 0 aromatic heterocycles. The second-order valence-corrected chi connectivity index (χ2v) is 5.75. The summed E-state index contributed by atoms with van der Waals surface area (Å²) in [7, 11) is 0. The highest BCUT2D eigenvalue weighted by molar-refractivity contribution is 6.05. The monoisotopic (exact) mass is 308 g/mol. The SMILES string of the molecule is O=C(Nc1ccccc1)c1ccc(C(=O)N2CCCCC2)cc1. The van der Waals surface area contributed by atoms with E-state index in [0.29, 0.717) is 11.1 Å². The van der Waals surface area contributed by atoms with Crippen molar-refractivity contribution >= 4 is 17.5 Å². The van der Waals surface area contributed by atoms with Crippen molar-refractivity contribution in [3.05, 3.63) is 65.7 Å². The molecule has 2 aromatic carbocycles. The molecule has 0 atom stereocenters. The Hall–Kier alpha value is -2.62. The number of para-hydroxylation sites is 1. The van der Waals surface area contributed by atoms with Crippen LogP contribution in [0.25, 0.3) is 0 Å². The lowest BCUT2D eigenvalue weighted by Gasteiger charge is -2.26. The molecule has 1 heterocycles. The van der Waals surface area contributed by atoms with Gasteiger partial charge in [-0.25, -0.2) is 0 Å². The van der Waals surface area contributed by atoms with Crippen molar-refractivity contribution in [2.45, 2.75) is 19.3 Å². The lowest BCUT2D eigenvalue weighted by atomic mass is 10.1. The smallest absolute Gasteiger partial charge is 0.255 e. The van der Waals surface area contributed by atoms with Crippen molar-refractivity contribution in [3.63, 3.8) is 0 Å². The van der Waals surface area contributed by atoms with Crippen LogP contribution in [0.4, 0.5) is 5.69 Å². The minimum Gasteiger partial charge on any atom is -0.339 e. The molecule has 1 aliphatic heterocycles. The van der Waals surface area contributed by atoms with Gasteiger partial charge in [-0.2, -0.15) is 0 Å². The molecule has 1 saturated heterocycles. The molecule has 0 spiro atoms. The number of nitrogens with one attached hydrogen (secondary N) is 1. The van der Waals surface area contributed by atoms with E-state index in [-0.39, 0.29) is 11.8 Å². The van der Waals surface area contributed by atoms with Crippen LogP contribution in [-0.2, 0) is 0 Å². The fourth-order valence-electron chi connectivity index (χ4n) is 2.77. The van der Waals surface area contributed by atoms with Crippen molar-refractivity contribution in [3.8, 4) is 0 Å². The number of hydrogen-bond donors (Lipinski definition) is 1. The highest BCUT2D eigenvalue weighted by Crippen LogP contribution is 2.15. The summed E-state index contributed by atoms with van der Waals surface area (Å²) in [5.74, 6) is -0.118. The van der Waals surface area contributed by atoms with Gasteiger partial charge in [0.15, 0.2) is 0 Å². The first-order valence-electron chi connectivity index (χ1n) is 8.00. The molecule has 4 nitrogen and oxygen atoms in total. The number of anilines is 1. The zero-order valence-corrected chi connectivity index (χ0v) is 13.0. The standard InChI is InChI=1S/C19H20N2O2/c22-18(20-17-7-3-1-4-8-17)15-9-11-16(12-10-15)19(23)21-13-5-2-6-14-21/h1,3-4,7-12H,2,5-6,13-14H2,(H,20,22). The zero-order chi connectivity index (χ0) is 16.1. The number of rotatable bonds is 3. The molecule has 23 heavy (non-hydrogen) atoms. The van der Waals surface area contributed by atoms with E-state index in [1.54, 1.807) is 24.3 Å². The third-order valence-electron chi connectivity index (χ3n) is 4.07. The van der Waals surface area contributed by atoms with Gasteiger partial charge in [0, 0.05) is 29.9 Å². The summed E-state index contributed by atoms with van der Waals surface area (Å²) < 4.78 is 0. The van der Waals surface area contributed by atoms with Crippen LogP contribution in [-0.4, -0.2) is 29.8 Å². The molecule has 118 valence electrons. The van der Waals surface area contributed by atoms with Crippen LogP contribution in [0.1, 0.15) is 40.0 Å². The molecule has 4 heteroatoms. The van der Waals surface area contributed by atoms with Crippen molar-refractivity contribution in [2.24, 2.45) is 0 Å². The Bertz CT molecular complexity index is 674. The summed E-state index contributed by atoms with van der Waals surface area (Å²) in [6.45, 7) is 1.66. The van der Waals surface area contributed by atoms with Gasteiger partial charge in [-0.05, 0) is 55.7 Å². The number of carbonyl (C=O) groups excluding carboxylic acids is 2. The van der Waals surface area contributed by atoms with Gasteiger partial charge in [0.1, 0.15) is 0 Å². The van der Waals surface area contributed by atoms with Crippen LogP contribution >= 0.6 is 0 Å². The number of hydrogen-bond acceptors (Lipinski definition) is 2. The van der Waals surface area contributed by atoms with E-state index in [1.807, 2.05) is 35.2 Å². The van der Waals surface area contributed by atoms with Crippen molar-refractivity contribution < 1.29 is 9.59 Å². The number of piperidine rings is 1. The van der Waals surface area contributed by atoms with Gasteiger partial charge in [-0.15, -0.1) is 0 Å². The van der Waals surface area contributed by atoms with Gasteiger partial charge >= 0.3 is 0 Å². The molecule has 0 saturated carbocycles. The van der Waals surface area contributed by atoms with Crippen LogP contribution in [0.5, 0.6) is 0 Å². The van der Waals surface area contributed by atoms with Crippen molar-refractivity contribution in [1.82, 2.24) is 4.90 Å². The van der Waals surface area contributed by atoms with E-state index in [9.17, 15) is 9.59 Å². The van der Waals surface area contributed by atoms with Gasteiger partial charge in [0.05, 0.1) is 0 Å². The molecule has 0 unspecified atom stereocenters. The van der Waals surface area contributed by atoms with Crippen LogP contribution in [0.3, 0.4) is 0 Å². The van der Waals surface area contributed by atoms with Gasteiger partial charge in [-0.1, -0.05) is 18.2 Å². The summed E-state index contributed by atoms with van der Waals surface area (Å²) in [6, 6.07) is 16.2. The fourth-order valence-corrected chi connectivity index (χ4v) is 2.77. The van der Waals surface area contributed by atoms with Gasteiger partial charge in [0.2, 0.25) is 0 Å². The van der Waals surface area contributed by atoms with E-state index in [1.165, 1.54) is 6.42 Å². The lowest BCUT2D eigenvalue weighted by molar-refractivity contribution is 0.0724. The lowest BCUT2D eigenvalue weighted by Crippen LogP contribution is -2.35. The predicted molar refractivity (Wildman–Crippen MR) is 90.6 cm³/mol. The van der Waals surface area contributed by atoms with E-state index < -0.39 is 0 Å². The summed E-state index contributed by atoms with van der Waals surface area (Å²) in [5, 5.41) is 2.84. The average molecular weight is 308 g/mol. The Morgan fingerprint density at radius 2 is 1.39 bits per heavy atom. The Morgan fingerprint density at radius 3 is 2.04 bits per heavy atom. The molecule has 0 bridgehead atoms. The first-order valence-corrected chi connectivity index (χ1v) is 8.00. The number of nitrogens with zero attached hydrogens (tertiary/aromatic N) is 1. The average Bonchev–Trinajstić information content (AvgIpc) is 2.63. The van der Waals surface area contributed by atoms with E-state index in [4.69, 9.17) is 0 Å². The Kier molecular flexibility index (Phi) is 4.71. The quantitative estimate of drug-likeness (QED) is 0.942. The molecule has 2 aromatic rings. The van der Waals surface area contributed by atoms with E-state index >= 15 is 0 Å². The van der Waals surface area contributed by atoms with E-state index in [2.05, 4.69) is 5.32 Å². The van der Waals surface area contributed by atoms with Gasteiger partial charge in [0.25, 0.3) is 11.8 Å². The Morgan fingerprint density at radius 1 is 0.783 bits per heavy atom. The van der Waals surface area contributed by atoms with Crippen LogP contribution in [0.2, 0.25) is 0 Å². The number of carbonyl (C=O) groups is 2. The normalized spacial score (nSPS) is 14.3. The summed E-state index contributed by atoms with van der Waals surface area (Å²) in [4.78, 5) is 26.5. The Balaban J connectivity index is 1.66. The number of amides is 2. The molecule has 1 fully saturated rings. The molecule has 0 aliphatic carbocycles. The Labute approximate surface area is 136 Å². The highest BCUT2D eigenvalue weighted by atomic mass is 16.2. The second-order valence-electron chi connectivity index (χ2n) is 5.75. The number of likely N-dealkylation sites (tertiary alicyclic amines) is 1. The minimum absolute atomic E-state index is 0.0553. The molecular formula is C19H20N2O2. The van der Waals surface area contributed by atoms with Crippen LogP contribution in [0, 0.1) is 0 Å². The largest absolute Gasteiger partial charge is 0.339 e. The number of benzene rings is 2. The predicted octanol–water partition coefficient (Wildman–Crippen LogP) is 3.57. The molecule has 1 aliphatic rings. The van der Waals surface area contributed by atoms with Crippen LogP contribution < -0.4 is 5.32 Å². The first kappa shape index (κ1) is 15.3. The third kappa shape index (κ3) is 3.77. The van der Waals surface area contributed by atoms with E-state index in [0.717, 1.165) is 31.6 Å². The second kappa shape index (κ2) is 7.09. The fraction of sp³-hybridized carbons (Fsp3) is 0.263. The summed E-state index contributed by atoms with van der Waals surface area (Å²) >= 11 is 0. The first-order chi connectivity index (χ1) is 11.2.